The maximum atomic E-state index is 13.6. The van der Waals surface area contributed by atoms with E-state index < -0.39 is 7.12 Å². The first kappa shape index (κ1) is 20.7. The van der Waals surface area contributed by atoms with E-state index in [1.165, 1.54) is 12.1 Å². The lowest BCUT2D eigenvalue weighted by Gasteiger charge is -2.26. The van der Waals surface area contributed by atoms with E-state index in [9.17, 15) is 14.4 Å². The highest BCUT2D eigenvalue weighted by Gasteiger charge is 2.34. The molecule has 0 aliphatic carbocycles. The van der Waals surface area contributed by atoms with Crippen molar-refractivity contribution in [3.63, 3.8) is 0 Å². The van der Waals surface area contributed by atoms with Gasteiger partial charge in [0.1, 0.15) is 5.82 Å². The van der Waals surface area contributed by atoms with Gasteiger partial charge in [-0.3, -0.25) is 0 Å². The van der Waals surface area contributed by atoms with Crippen molar-refractivity contribution in [1.82, 2.24) is 9.97 Å². The smallest absolute Gasteiger partial charge is 0.488 e. The normalized spacial score (nSPS) is 16.9. The molecule has 3 aromatic rings. The topological polar surface area (TPSA) is 90.7 Å². The average molecular weight is 434 g/mol. The number of benzene rings is 2. The highest BCUT2D eigenvalue weighted by atomic mass is 19.1. The minimum atomic E-state index is -1.53. The van der Waals surface area contributed by atoms with Gasteiger partial charge in [0.15, 0.2) is 11.6 Å². The van der Waals surface area contributed by atoms with Crippen LogP contribution in [0.5, 0.6) is 5.75 Å². The summed E-state index contributed by atoms with van der Waals surface area (Å²) in [5, 5.41) is 22.9. The van der Waals surface area contributed by atoms with Gasteiger partial charge in [0, 0.05) is 18.3 Å². The Morgan fingerprint density at radius 2 is 2.06 bits per heavy atom. The van der Waals surface area contributed by atoms with Gasteiger partial charge in [0.2, 0.25) is 5.95 Å². The van der Waals surface area contributed by atoms with E-state index in [4.69, 9.17) is 14.7 Å². The van der Waals surface area contributed by atoms with Gasteiger partial charge in [-0.05, 0) is 61.0 Å². The molecule has 9 heteroatoms. The molecule has 0 spiro atoms. The number of hydrogen-bond acceptors (Lipinski definition) is 7. The van der Waals surface area contributed by atoms with Crippen molar-refractivity contribution >= 4 is 30.0 Å². The molecule has 0 saturated heterocycles. The van der Waals surface area contributed by atoms with Gasteiger partial charge in [-0.2, -0.15) is 4.98 Å². The number of aryl methyl sites for hydroxylation is 1. The molecule has 3 N–H and O–H groups in total. The number of nitrogens with one attached hydrogen (secondary N) is 1. The van der Waals surface area contributed by atoms with Crippen LogP contribution in [0.2, 0.25) is 0 Å². The zero-order valence-corrected chi connectivity index (χ0v) is 17.8. The molecule has 164 valence electrons. The predicted octanol–water partition coefficient (Wildman–Crippen LogP) is 2.32. The van der Waals surface area contributed by atoms with Crippen LogP contribution < -0.4 is 20.4 Å². The van der Waals surface area contributed by atoms with Crippen LogP contribution in [-0.2, 0) is 19.4 Å². The fraction of sp³-hybridized carbons (Fsp3) is 0.304. The number of fused-ring (bicyclic) bond motifs is 2. The molecule has 1 aromatic heterocycles. The van der Waals surface area contributed by atoms with E-state index in [0.717, 1.165) is 35.3 Å². The summed E-state index contributed by atoms with van der Waals surface area (Å²) in [6, 6.07) is 12.0. The van der Waals surface area contributed by atoms with E-state index in [1.807, 2.05) is 23.1 Å². The van der Waals surface area contributed by atoms with Crippen molar-refractivity contribution in [2.24, 2.45) is 0 Å². The number of ether oxygens (including phenoxy) is 1. The Morgan fingerprint density at radius 1 is 1.22 bits per heavy atom. The zero-order chi connectivity index (χ0) is 22.2. The Bertz CT molecular complexity index is 1160. The van der Waals surface area contributed by atoms with Gasteiger partial charge in [-0.25, -0.2) is 9.37 Å². The number of nitrogens with zero attached hydrogens (tertiary/aromatic N) is 3. The first-order chi connectivity index (χ1) is 15.5. The van der Waals surface area contributed by atoms with E-state index in [1.54, 1.807) is 12.1 Å². The maximum absolute atomic E-state index is 13.6. The SMILES string of the molecule is CC1Cc2c(B(O)O)cccc2N1c1nc2c(c(NCc3cccc(F)c3)n1)OCCC2. The lowest BCUT2D eigenvalue weighted by atomic mass is 9.76. The van der Waals surface area contributed by atoms with E-state index in [-0.39, 0.29) is 11.9 Å². The third-order valence-corrected chi connectivity index (χ3v) is 5.96. The zero-order valence-electron chi connectivity index (χ0n) is 17.8. The molecule has 0 bridgehead atoms. The van der Waals surface area contributed by atoms with E-state index in [0.29, 0.717) is 42.6 Å². The summed E-state index contributed by atoms with van der Waals surface area (Å²) >= 11 is 0. The number of anilines is 3. The molecule has 0 radical (unpaired) electrons. The van der Waals surface area contributed by atoms with Crippen LogP contribution in [0.4, 0.5) is 21.8 Å². The lowest BCUT2D eigenvalue weighted by Crippen LogP contribution is -2.32. The minimum absolute atomic E-state index is 0.0449. The van der Waals surface area contributed by atoms with E-state index in [2.05, 4.69) is 12.2 Å². The van der Waals surface area contributed by atoms with Gasteiger partial charge in [-0.15, -0.1) is 0 Å². The van der Waals surface area contributed by atoms with Gasteiger partial charge in [0.25, 0.3) is 0 Å². The third-order valence-electron chi connectivity index (χ3n) is 5.96. The first-order valence-corrected chi connectivity index (χ1v) is 10.8. The molecule has 0 fully saturated rings. The fourth-order valence-electron chi connectivity index (χ4n) is 4.49. The summed E-state index contributed by atoms with van der Waals surface area (Å²) in [6.45, 7) is 3.06. The Kier molecular flexibility index (Phi) is 5.44. The summed E-state index contributed by atoms with van der Waals surface area (Å²) in [7, 11) is -1.53. The average Bonchev–Trinajstić information content (AvgIpc) is 3.13. The van der Waals surface area contributed by atoms with Crippen molar-refractivity contribution in [2.45, 2.75) is 38.8 Å². The van der Waals surface area contributed by atoms with Gasteiger partial charge < -0.3 is 25.0 Å². The second kappa shape index (κ2) is 8.40. The van der Waals surface area contributed by atoms with Gasteiger partial charge in [0.05, 0.1) is 12.3 Å². The number of hydrogen-bond donors (Lipinski definition) is 3. The monoisotopic (exact) mass is 434 g/mol. The van der Waals surface area contributed by atoms with E-state index >= 15 is 0 Å². The molecule has 5 rings (SSSR count). The second-order valence-corrected chi connectivity index (χ2v) is 8.23. The van der Waals surface area contributed by atoms with Crippen LogP contribution in [-0.4, -0.2) is 39.8 Å². The Labute approximate surface area is 186 Å². The molecule has 1 atom stereocenters. The number of rotatable bonds is 5. The van der Waals surface area contributed by atoms with Crippen LogP contribution in [0.25, 0.3) is 0 Å². The lowest BCUT2D eigenvalue weighted by molar-refractivity contribution is 0.285. The van der Waals surface area contributed by atoms with Crippen molar-refractivity contribution < 1.29 is 19.2 Å². The van der Waals surface area contributed by atoms with Gasteiger partial charge in [-0.1, -0.05) is 24.3 Å². The molecule has 1 unspecified atom stereocenters. The molecule has 0 amide bonds. The second-order valence-electron chi connectivity index (χ2n) is 8.23. The van der Waals surface area contributed by atoms with Crippen molar-refractivity contribution in [3.05, 3.63) is 65.1 Å². The molecule has 7 nitrogen and oxygen atoms in total. The fourth-order valence-corrected chi connectivity index (χ4v) is 4.49. The summed E-state index contributed by atoms with van der Waals surface area (Å²) in [4.78, 5) is 11.6. The summed E-state index contributed by atoms with van der Waals surface area (Å²) in [5.74, 6) is 1.47. The molecule has 2 aliphatic heterocycles. The van der Waals surface area contributed by atoms with Crippen LogP contribution in [0, 0.1) is 5.82 Å². The Morgan fingerprint density at radius 3 is 2.88 bits per heavy atom. The summed E-state index contributed by atoms with van der Waals surface area (Å²) in [5.41, 5.74) is 3.90. The maximum Gasteiger partial charge on any atom is 0.488 e. The molecule has 3 heterocycles. The van der Waals surface area contributed by atoms with Crippen LogP contribution in [0.3, 0.4) is 0 Å². The summed E-state index contributed by atoms with van der Waals surface area (Å²) < 4.78 is 19.5. The Balaban J connectivity index is 1.53. The quantitative estimate of drug-likeness (QED) is 0.531. The number of aromatic nitrogens is 2. The standard InChI is InChI=1S/C23H24BFN4O3/c1-14-11-17-18(24(30)31)7-3-9-20(17)29(14)23-27-19-8-4-10-32-21(19)22(28-23)26-13-15-5-2-6-16(25)12-15/h2-3,5-7,9,12,14,30-31H,4,8,10-11,13H2,1H3,(H,26,27,28). The minimum Gasteiger partial charge on any atom is -0.488 e. The van der Waals surface area contributed by atoms with Crippen molar-refractivity contribution in [2.75, 3.05) is 16.8 Å². The third kappa shape index (κ3) is 3.78. The van der Waals surface area contributed by atoms with Crippen LogP contribution in [0.1, 0.15) is 30.2 Å². The number of halogens is 1. The van der Waals surface area contributed by atoms with Gasteiger partial charge >= 0.3 is 7.12 Å². The first-order valence-electron chi connectivity index (χ1n) is 10.8. The molecule has 32 heavy (non-hydrogen) atoms. The van der Waals surface area contributed by atoms with Crippen molar-refractivity contribution in [1.29, 1.82) is 0 Å². The molecule has 2 aliphatic rings. The molecular formula is C23H24BFN4O3. The predicted molar refractivity (Wildman–Crippen MR) is 121 cm³/mol. The molecule has 0 saturated carbocycles. The van der Waals surface area contributed by atoms with Crippen molar-refractivity contribution in [3.8, 4) is 5.75 Å². The Hall–Kier alpha value is -3.17. The van der Waals surface area contributed by atoms with Crippen LogP contribution in [0.15, 0.2) is 42.5 Å². The largest absolute Gasteiger partial charge is 0.488 e. The molecular weight excluding hydrogens is 410 g/mol. The summed E-state index contributed by atoms with van der Waals surface area (Å²) in [6.07, 6.45) is 2.32. The molecule has 2 aromatic carbocycles. The highest BCUT2D eigenvalue weighted by Crippen LogP contribution is 2.39. The highest BCUT2D eigenvalue weighted by molar-refractivity contribution is 6.59. The van der Waals surface area contributed by atoms with Crippen LogP contribution >= 0.6 is 0 Å².